The number of carbonyl (C=O) groups excluding carboxylic acids is 1. The highest BCUT2D eigenvalue weighted by molar-refractivity contribution is 5.85. The second kappa shape index (κ2) is 5.78. The Kier molecular flexibility index (Phi) is 4.93. The molecular weight excluding hydrogens is 202 g/mol. The zero-order chi connectivity index (χ0) is 12.2. The molecule has 3 heteroatoms. The molecule has 1 heterocycles. The number of piperidine rings is 1. The molecule has 0 bridgehead atoms. The molecule has 1 rings (SSSR count). The lowest BCUT2D eigenvalue weighted by Gasteiger charge is -2.33. The molecule has 94 valence electrons. The van der Waals surface area contributed by atoms with Crippen LogP contribution in [0.15, 0.2) is 0 Å². The fourth-order valence-corrected chi connectivity index (χ4v) is 2.15. The van der Waals surface area contributed by atoms with Crippen LogP contribution in [0.3, 0.4) is 0 Å². The number of ketones is 1. The van der Waals surface area contributed by atoms with Crippen LogP contribution in [0.2, 0.25) is 0 Å². The lowest BCUT2D eigenvalue weighted by Crippen LogP contribution is -2.41. The van der Waals surface area contributed by atoms with Crippen LogP contribution in [0.1, 0.15) is 40.0 Å². The van der Waals surface area contributed by atoms with Crippen molar-refractivity contribution in [2.75, 3.05) is 26.2 Å². The standard InChI is InChI=1S/C13H25NO2/c1-13(2,3)12(16)10-14-7-4-5-11(9-14)6-8-15/h11,15H,4-10H2,1-3H3. The van der Waals surface area contributed by atoms with E-state index >= 15 is 0 Å². The minimum atomic E-state index is -0.232. The molecule has 3 nitrogen and oxygen atoms in total. The normalized spacial score (nSPS) is 23.4. The van der Waals surface area contributed by atoms with Crippen molar-refractivity contribution < 1.29 is 9.90 Å². The monoisotopic (exact) mass is 227 g/mol. The maximum absolute atomic E-state index is 11.9. The first-order chi connectivity index (χ1) is 7.43. The zero-order valence-electron chi connectivity index (χ0n) is 10.8. The Bertz CT molecular complexity index is 231. The van der Waals surface area contributed by atoms with Crippen LogP contribution in [0, 0.1) is 11.3 Å². The minimum absolute atomic E-state index is 0.232. The highest BCUT2D eigenvalue weighted by atomic mass is 16.3. The molecule has 0 aliphatic carbocycles. The van der Waals surface area contributed by atoms with Gasteiger partial charge in [0.15, 0.2) is 5.78 Å². The quantitative estimate of drug-likeness (QED) is 0.794. The highest BCUT2D eigenvalue weighted by Gasteiger charge is 2.26. The van der Waals surface area contributed by atoms with Crippen molar-refractivity contribution in [2.24, 2.45) is 11.3 Å². The van der Waals surface area contributed by atoms with Crippen molar-refractivity contribution in [3.8, 4) is 0 Å². The topological polar surface area (TPSA) is 40.5 Å². The third kappa shape index (κ3) is 4.22. The number of Topliss-reactive ketones (excluding diaryl/α,β-unsaturated/α-hetero) is 1. The first kappa shape index (κ1) is 13.7. The van der Waals surface area contributed by atoms with Gasteiger partial charge in [0.25, 0.3) is 0 Å². The molecule has 1 unspecified atom stereocenters. The summed E-state index contributed by atoms with van der Waals surface area (Å²) in [5, 5.41) is 8.93. The fraction of sp³-hybridized carbons (Fsp3) is 0.923. The van der Waals surface area contributed by atoms with Crippen LogP contribution in [-0.4, -0.2) is 42.0 Å². The number of aliphatic hydroxyl groups excluding tert-OH is 1. The predicted octanol–water partition coefficient (Wildman–Crippen LogP) is 1.70. The Balaban J connectivity index is 2.40. The van der Waals surface area contributed by atoms with E-state index in [1.165, 1.54) is 6.42 Å². The lowest BCUT2D eigenvalue weighted by molar-refractivity contribution is -0.127. The molecule has 1 saturated heterocycles. The molecule has 0 saturated carbocycles. The van der Waals surface area contributed by atoms with E-state index in [4.69, 9.17) is 5.11 Å². The number of likely N-dealkylation sites (tertiary alicyclic amines) is 1. The van der Waals surface area contributed by atoms with Crippen molar-refractivity contribution in [2.45, 2.75) is 40.0 Å². The van der Waals surface area contributed by atoms with Crippen LogP contribution >= 0.6 is 0 Å². The van der Waals surface area contributed by atoms with Gasteiger partial charge in [-0.25, -0.2) is 0 Å². The van der Waals surface area contributed by atoms with Gasteiger partial charge in [-0.1, -0.05) is 20.8 Å². The van der Waals surface area contributed by atoms with Crippen molar-refractivity contribution in [1.82, 2.24) is 4.90 Å². The van der Waals surface area contributed by atoms with Crippen LogP contribution in [0.5, 0.6) is 0 Å². The summed E-state index contributed by atoms with van der Waals surface area (Å²) in [6.07, 6.45) is 3.23. The van der Waals surface area contributed by atoms with Crippen molar-refractivity contribution >= 4 is 5.78 Å². The summed E-state index contributed by atoms with van der Waals surface area (Å²) in [4.78, 5) is 14.2. The average molecular weight is 227 g/mol. The van der Waals surface area contributed by atoms with E-state index in [0.29, 0.717) is 18.2 Å². The third-order valence-electron chi connectivity index (χ3n) is 3.34. The summed E-state index contributed by atoms with van der Waals surface area (Å²) < 4.78 is 0. The van der Waals surface area contributed by atoms with Crippen LogP contribution in [-0.2, 0) is 4.79 Å². The summed E-state index contributed by atoms with van der Waals surface area (Å²) >= 11 is 0. The summed E-state index contributed by atoms with van der Waals surface area (Å²) in [6, 6.07) is 0. The Hall–Kier alpha value is -0.410. The predicted molar refractivity (Wildman–Crippen MR) is 65.3 cm³/mol. The first-order valence-electron chi connectivity index (χ1n) is 6.30. The Labute approximate surface area is 98.8 Å². The second-order valence-corrected chi connectivity index (χ2v) is 5.93. The lowest BCUT2D eigenvalue weighted by atomic mass is 9.89. The molecule has 0 spiro atoms. The molecule has 0 radical (unpaired) electrons. The van der Waals surface area contributed by atoms with Crippen LogP contribution < -0.4 is 0 Å². The van der Waals surface area contributed by atoms with E-state index in [9.17, 15) is 4.79 Å². The molecule has 0 amide bonds. The average Bonchev–Trinajstić information content (AvgIpc) is 2.17. The number of aliphatic hydroxyl groups is 1. The van der Waals surface area contributed by atoms with Gasteiger partial charge in [0.2, 0.25) is 0 Å². The Morgan fingerprint density at radius 3 is 2.69 bits per heavy atom. The van der Waals surface area contributed by atoms with E-state index in [0.717, 1.165) is 25.9 Å². The summed E-state index contributed by atoms with van der Waals surface area (Å²) in [5.41, 5.74) is -0.232. The van der Waals surface area contributed by atoms with Crippen LogP contribution in [0.4, 0.5) is 0 Å². The number of hydrogen-bond donors (Lipinski definition) is 1. The molecular formula is C13H25NO2. The smallest absolute Gasteiger partial charge is 0.152 e. The highest BCUT2D eigenvalue weighted by Crippen LogP contribution is 2.21. The van der Waals surface area contributed by atoms with Crippen LogP contribution in [0.25, 0.3) is 0 Å². The third-order valence-corrected chi connectivity index (χ3v) is 3.34. The molecule has 1 aliphatic rings. The van der Waals surface area contributed by atoms with Gasteiger partial charge < -0.3 is 5.11 Å². The minimum Gasteiger partial charge on any atom is -0.396 e. The van der Waals surface area contributed by atoms with E-state index in [2.05, 4.69) is 4.90 Å². The van der Waals surface area contributed by atoms with Gasteiger partial charge in [-0.05, 0) is 31.7 Å². The zero-order valence-corrected chi connectivity index (χ0v) is 10.8. The molecule has 0 aromatic carbocycles. The van der Waals surface area contributed by atoms with E-state index in [1.807, 2.05) is 20.8 Å². The molecule has 16 heavy (non-hydrogen) atoms. The van der Waals surface area contributed by atoms with E-state index < -0.39 is 0 Å². The largest absolute Gasteiger partial charge is 0.396 e. The second-order valence-electron chi connectivity index (χ2n) is 5.93. The number of hydrogen-bond acceptors (Lipinski definition) is 3. The Morgan fingerprint density at radius 2 is 2.12 bits per heavy atom. The van der Waals surface area contributed by atoms with E-state index in [1.54, 1.807) is 0 Å². The van der Waals surface area contributed by atoms with Gasteiger partial charge in [0.1, 0.15) is 0 Å². The fourth-order valence-electron chi connectivity index (χ4n) is 2.15. The van der Waals surface area contributed by atoms with Crippen molar-refractivity contribution in [1.29, 1.82) is 0 Å². The summed E-state index contributed by atoms with van der Waals surface area (Å²) in [5.74, 6) is 0.892. The number of carbonyl (C=O) groups is 1. The van der Waals surface area contributed by atoms with Gasteiger partial charge in [-0.3, -0.25) is 9.69 Å². The Morgan fingerprint density at radius 1 is 1.44 bits per heavy atom. The maximum Gasteiger partial charge on any atom is 0.152 e. The summed E-state index contributed by atoms with van der Waals surface area (Å²) in [6.45, 7) is 8.78. The molecule has 1 atom stereocenters. The number of nitrogens with zero attached hydrogens (tertiary/aromatic N) is 1. The molecule has 1 aliphatic heterocycles. The van der Waals surface area contributed by atoms with Crippen molar-refractivity contribution in [3.05, 3.63) is 0 Å². The van der Waals surface area contributed by atoms with Gasteiger partial charge in [-0.15, -0.1) is 0 Å². The first-order valence-corrected chi connectivity index (χ1v) is 6.30. The van der Waals surface area contributed by atoms with E-state index in [-0.39, 0.29) is 12.0 Å². The SMILES string of the molecule is CC(C)(C)C(=O)CN1CCCC(CCO)C1. The summed E-state index contributed by atoms with van der Waals surface area (Å²) in [7, 11) is 0. The maximum atomic E-state index is 11.9. The van der Waals surface area contributed by atoms with Gasteiger partial charge in [-0.2, -0.15) is 0 Å². The van der Waals surface area contributed by atoms with Gasteiger partial charge >= 0.3 is 0 Å². The van der Waals surface area contributed by atoms with Gasteiger partial charge in [0.05, 0.1) is 6.54 Å². The molecule has 1 N–H and O–H groups in total. The molecule has 0 aromatic heterocycles. The van der Waals surface area contributed by atoms with Crippen molar-refractivity contribution in [3.63, 3.8) is 0 Å². The van der Waals surface area contributed by atoms with Gasteiger partial charge in [0, 0.05) is 18.6 Å². The molecule has 1 fully saturated rings. The number of rotatable bonds is 4. The molecule has 0 aromatic rings.